The van der Waals surface area contributed by atoms with Crippen molar-refractivity contribution in [2.24, 2.45) is 0 Å². The monoisotopic (exact) mass is 267 g/mol. The van der Waals surface area contributed by atoms with E-state index in [1.807, 2.05) is 0 Å². The first-order valence-corrected chi connectivity index (χ1v) is 5.10. The molecule has 0 atom stereocenters. The fourth-order valence-electron chi connectivity index (χ4n) is 1.26. The van der Waals surface area contributed by atoms with Gasteiger partial charge in [-0.15, -0.1) is 0 Å². The van der Waals surface area contributed by atoms with Crippen LogP contribution in [0.25, 0.3) is 0 Å². The number of alkyl halides is 3. The molecule has 0 bridgehead atoms. The van der Waals surface area contributed by atoms with Crippen LogP contribution < -0.4 is 0 Å². The average Bonchev–Trinajstić information content (AvgIpc) is 2.19. The van der Waals surface area contributed by atoms with Crippen molar-refractivity contribution in [2.75, 3.05) is 6.61 Å². The minimum Gasteiger partial charge on any atom is -0.466 e. The molecule has 0 unspecified atom stereocenters. The lowest BCUT2D eigenvalue weighted by molar-refractivity contribution is -0.143. The highest BCUT2D eigenvalue weighted by Gasteiger charge is 2.35. The van der Waals surface area contributed by atoms with Crippen molar-refractivity contribution in [3.8, 4) is 0 Å². The molecule has 0 amide bonds. The van der Waals surface area contributed by atoms with E-state index in [9.17, 15) is 18.0 Å². The Morgan fingerprint density at radius 1 is 1.53 bits per heavy atom. The van der Waals surface area contributed by atoms with E-state index < -0.39 is 24.1 Å². The number of hydrogen-bond donors (Lipinski definition) is 0. The van der Waals surface area contributed by atoms with E-state index in [0.29, 0.717) is 0 Å². The maximum atomic E-state index is 12.6. The van der Waals surface area contributed by atoms with Crippen LogP contribution in [0.15, 0.2) is 12.3 Å². The van der Waals surface area contributed by atoms with Crippen molar-refractivity contribution >= 4 is 17.6 Å². The third-order valence-corrected chi connectivity index (χ3v) is 2.26. The molecule has 1 heterocycles. The van der Waals surface area contributed by atoms with E-state index in [0.717, 1.165) is 12.3 Å². The number of pyridine rings is 1. The normalized spacial score (nSPS) is 11.4. The lowest BCUT2D eigenvalue weighted by atomic mass is 10.1. The van der Waals surface area contributed by atoms with E-state index in [-0.39, 0.29) is 17.3 Å². The second-order valence-corrected chi connectivity index (χ2v) is 3.47. The Labute approximate surface area is 101 Å². The third kappa shape index (κ3) is 3.59. The standard InChI is InChI=1S/C10H9ClF3NO2/c1-2-17-8(16)5-6-7(10(12,13)14)3-4-15-9(6)11/h3-4H,2,5H2,1H3. The Bertz CT molecular complexity index is 421. The van der Waals surface area contributed by atoms with Gasteiger partial charge in [0.05, 0.1) is 18.6 Å². The Morgan fingerprint density at radius 2 is 2.18 bits per heavy atom. The van der Waals surface area contributed by atoms with Crippen molar-refractivity contribution in [3.05, 3.63) is 28.5 Å². The summed E-state index contributed by atoms with van der Waals surface area (Å²) in [5.41, 5.74) is -1.33. The first kappa shape index (κ1) is 13.8. The van der Waals surface area contributed by atoms with Crippen LogP contribution in [0, 0.1) is 0 Å². The molecule has 1 aromatic rings. The number of hydrogen-bond acceptors (Lipinski definition) is 3. The minimum absolute atomic E-state index is 0.0953. The van der Waals surface area contributed by atoms with Crippen LogP contribution in [0.4, 0.5) is 13.2 Å². The molecule has 1 aromatic heterocycles. The molecule has 94 valence electrons. The van der Waals surface area contributed by atoms with E-state index in [1.165, 1.54) is 0 Å². The lowest BCUT2D eigenvalue weighted by Crippen LogP contribution is -2.15. The van der Waals surface area contributed by atoms with Crippen molar-refractivity contribution in [1.82, 2.24) is 4.98 Å². The molecule has 0 fully saturated rings. The van der Waals surface area contributed by atoms with Gasteiger partial charge in [0.25, 0.3) is 0 Å². The SMILES string of the molecule is CCOC(=O)Cc1c(C(F)(F)F)ccnc1Cl. The molecule has 0 radical (unpaired) electrons. The van der Waals surface area contributed by atoms with Gasteiger partial charge >= 0.3 is 12.1 Å². The first-order chi connectivity index (χ1) is 7.86. The van der Waals surface area contributed by atoms with Crippen molar-refractivity contribution in [3.63, 3.8) is 0 Å². The summed E-state index contributed by atoms with van der Waals surface area (Å²) in [5, 5.41) is -0.340. The van der Waals surface area contributed by atoms with E-state index in [2.05, 4.69) is 9.72 Å². The predicted octanol–water partition coefficient (Wildman–Crippen LogP) is 2.86. The van der Waals surface area contributed by atoms with E-state index >= 15 is 0 Å². The van der Waals surface area contributed by atoms with Gasteiger partial charge in [-0.05, 0) is 13.0 Å². The van der Waals surface area contributed by atoms with Gasteiger partial charge in [0.15, 0.2) is 0 Å². The number of rotatable bonds is 3. The highest BCUT2D eigenvalue weighted by molar-refractivity contribution is 6.30. The molecule has 17 heavy (non-hydrogen) atoms. The maximum Gasteiger partial charge on any atom is 0.416 e. The molecular formula is C10H9ClF3NO2. The zero-order valence-electron chi connectivity index (χ0n) is 8.84. The summed E-state index contributed by atoms with van der Waals surface area (Å²) in [4.78, 5) is 14.7. The Balaban J connectivity index is 3.09. The number of halogens is 4. The van der Waals surface area contributed by atoms with Gasteiger partial charge in [-0.1, -0.05) is 11.6 Å². The van der Waals surface area contributed by atoms with Crippen LogP contribution in [0.1, 0.15) is 18.1 Å². The van der Waals surface area contributed by atoms with Crippen molar-refractivity contribution < 1.29 is 22.7 Å². The molecule has 7 heteroatoms. The minimum atomic E-state index is -4.57. The smallest absolute Gasteiger partial charge is 0.416 e. The van der Waals surface area contributed by atoms with Gasteiger partial charge in [0.2, 0.25) is 0 Å². The second-order valence-electron chi connectivity index (χ2n) is 3.11. The second kappa shape index (κ2) is 5.35. The molecule has 0 aliphatic carbocycles. The molecule has 1 rings (SSSR count). The molecule has 0 spiro atoms. The first-order valence-electron chi connectivity index (χ1n) is 4.72. The number of ether oxygens (including phenoxy) is 1. The fraction of sp³-hybridized carbons (Fsp3) is 0.400. The van der Waals surface area contributed by atoms with Gasteiger partial charge in [-0.25, -0.2) is 4.98 Å². The molecule has 0 N–H and O–H groups in total. The van der Waals surface area contributed by atoms with E-state index in [4.69, 9.17) is 11.6 Å². The van der Waals surface area contributed by atoms with Crippen molar-refractivity contribution in [1.29, 1.82) is 0 Å². The molecule has 0 aliphatic rings. The quantitative estimate of drug-likeness (QED) is 0.624. The largest absolute Gasteiger partial charge is 0.466 e. The highest BCUT2D eigenvalue weighted by atomic mass is 35.5. The Kier molecular flexibility index (Phi) is 4.34. The number of esters is 1. The van der Waals surface area contributed by atoms with E-state index in [1.54, 1.807) is 6.92 Å². The van der Waals surface area contributed by atoms with Gasteiger partial charge in [-0.2, -0.15) is 13.2 Å². The van der Waals surface area contributed by atoms with Crippen LogP contribution >= 0.6 is 11.6 Å². The number of aromatic nitrogens is 1. The van der Waals surface area contributed by atoms with Gasteiger partial charge in [0.1, 0.15) is 5.15 Å². The van der Waals surface area contributed by atoms with Crippen LogP contribution in [-0.4, -0.2) is 17.6 Å². The molecular weight excluding hydrogens is 259 g/mol. The van der Waals surface area contributed by atoms with Crippen LogP contribution in [0.2, 0.25) is 5.15 Å². The summed E-state index contributed by atoms with van der Waals surface area (Å²) in [7, 11) is 0. The topological polar surface area (TPSA) is 39.2 Å². The number of carbonyl (C=O) groups excluding carboxylic acids is 1. The van der Waals surface area contributed by atoms with Gasteiger partial charge < -0.3 is 4.74 Å². The molecule has 3 nitrogen and oxygen atoms in total. The predicted molar refractivity (Wildman–Crippen MR) is 54.6 cm³/mol. The number of carbonyl (C=O) groups is 1. The summed E-state index contributed by atoms with van der Waals surface area (Å²) < 4.78 is 42.5. The number of nitrogens with zero attached hydrogens (tertiary/aromatic N) is 1. The highest BCUT2D eigenvalue weighted by Crippen LogP contribution is 2.34. The average molecular weight is 268 g/mol. The molecule has 0 aromatic carbocycles. The zero-order chi connectivity index (χ0) is 13.1. The van der Waals surface area contributed by atoms with Crippen molar-refractivity contribution in [2.45, 2.75) is 19.5 Å². The zero-order valence-corrected chi connectivity index (χ0v) is 9.60. The summed E-state index contributed by atoms with van der Waals surface area (Å²) in [5.74, 6) is -0.770. The fourth-order valence-corrected chi connectivity index (χ4v) is 1.48. The van der Waals surface area contributed by atoms with Crippen LogP contribution in [-0.2, 0) is 22.1 Å². The van der Waals surface area contributed by atoms with Gasteiger partial charge in [0, 0.05) is 11.8 Å². The van der Waals surface area contributed by atoms with Crippen LogP contribution in [0.5, 0.6) is 0 Å². The third-order valence-electron chi connectivity index (χ3n) is 1.94. The summed E-state index contributed by atoms with van der Waals surface area (Å²) in [6.45, 7) is 1.66. The maximum absolute atomic E-state index is 12.6. The Morgan fingerprint density at radius 3 is 2.71 bits per heavy atom. The lowest BCUT2D eigenvalue weighted by Gasteiger charge is -2.12. The molecule has 0 saturated carbocycles. The summed E-state index contributed by atoms with van der Waals surface area (Å²) >= 11 is 5.56. The van der Waals surface area contributed by atoms with Crippen LogP contribution in [0.3, 0.4) is 0 Å². The Hall–Kier alpha value is -1.30. The molecule has 0 aliphatic heterocycles. The summed E-state index contributed by atoms with van der Waals surface area (Å²) in [6.07, 6.45) is -4.18. The van der Waals surface area contributed by atoms with Gasteiger partial charge in [-0.3, -0.25) is 4.79 Å². The summed E-state index contributed by atoms with van der Waals surface area (Å²) in [6, 6.07) is 0.778. The molecule has 0 saturated heterocycles.